The molecule has 0 saturated heterocycles. The van der Waals surface area contributed by atoms with Gasteiger partial charge < -0.3 is 11.1 Å². The highest BCUT2D eigenvalue weighted by molar-refractivity contribution is 8.00. The topological polar surface area (TPSA) is 179 Å². The van der Waals surface area contributed by atoms with Crippen LogP contribution in [-0.4, -0.2) is 30.5 Å². The first-order chi connectivity index (χ1) is 18.5. The number of rotatable bonds is 9. The molecular formula is C27H26N6O4S2. The van der Waals surface area contributed by atoms with Crippen LogP contribution in [0, 0.1) is 22.7 Å². The van der Waals surface area contributed by atoms with Gasteiger partial charge in [0.1, 0.15) is 28.5 Å². The van der Waals surface area contributed by atoms with Crippen molar-refractivity contribution >= 4 is 45.1 Å². The smallest absolute Gasteiger partial charge is 0.264 e. The molecule has 0 aliphatic carbocycles. The molecule has 3 rings (SSSR count). The van der Waals surface area contributed by atoms with Gasteiger partial charge in [-0.1, -0.05) is 49.9 Å². The molecule has 0 bridgehead atoms. The molecule has 0 aliphatic rings. The zero-order valence-corrected chi connectivity index (χ0v) is 23.1. The maximum atomic E-state index is 13.1. The number of hydrogen-bond donors (Lipinski definition) is 3. The van der Waals surface area contributed by atoms with Crippen LogP contribution in [0.25, 0.3) is 11.1 Å². The Morgan fingerprint density at radius 3 is 2.15 bits per heavy atom. The lowest BCUT2D eigenvalue weighted by Gasteiger charge is -2.18. The fourth-order valence-electron chi connectivity index (χ4n) is 3.72. The number of anilines is 2. The van der Waals surface area contributed by atoms with Gasteiger partial charge in [0.15, 0.2) is 0 Å². The number of nitrogens with two attached hydrogens (primary N) is 1. The first-order valence-electron chi connectivity index (χ1n) is 11.9. The van der Waals surface area contributed by atoms with E-state index in [9.17, 15) is 28.5 Å². The Kier molecular flexibility index (Phi) is 9.30. The third kappa shape index (κ3) is 6.74. The summed E-state index contributed by atoms with van der Waals surface area (Å²) in [5.74, 6) is -1.16. The number of amides is 2. The summed E-state index contributed by atoms with van der Waals surface area (Å²) in [6.45, 7) is 4.91. The number of carbonyl (C=O) groups is 2. The van der Waals surface area contributed by atoms with Crippen LogP contribution in [0.3, 0.4) is 0 Å². The van der Waals surface area contributed by atoms with E-state index in [1.807, 2.05) is 42.0 Å². The summed E-state index contributed by atoms with van der Waals surface area (Å²) >= 11 is 1.05. The summed E-state index contributed by atoms with van der Waals surface area (Å²) in [4.78, 5) is 28.4. The van der Waals surface area contributed by atoms with Crippen molar-refractivity contribution in [2.75, 3.05) is 11.1 Å². The van der Waals surface area contributed by atoms with Gasteiger partial charge in [-0.15, -0.1) is 0 Å². The van der Waals surface area contributed by atoms with Gasteiger partial charge in [-0.2, -0.15) is 10.5 Å². The van der Waals surface area contributed by atoms with Crippen LogP contribution >= 0.6 is 11.8 Å². The predicted molar refractivity (Wildman–Crippen MR) is 149 cm³/mol. The maximum absolute atomic E-state index is 13.1. The molecule has 12 heteroatoms. The first-order valence-corrected chi connectivity index (χ1v) is 14.2. The third-order valence-electron chi connectivity index (χ3n) is 5.69. The van der Waals surface area contributed by atoms with Crippen molar-refractivity contribution < 1.29 is 18.0 Å². The van der Waals surface area contributed by atoms with E-state index < -0.39 is 27.1 Å². The van der Waals surface area contributed by atoms with Crippen LogP contribution in [0.2, 0.25) is 0 Å². The standard InChI is InChI=1S/C27H26N6O4S2/c1-4-17-6-8-18(9-7-17)24-21(14-28)25(30)32-27(22(24)15-29)38-23(5-2)26(35)31-19-10-12-20(13-11-19)39(36,37)33-16(3)34/h6-13,23H,4-5H2,1-3H3,(H2,30,32)(H,31,35)(H,33,34). The number of nitrogen functional groups attached to an aromatic ring is 1. The molecule has 1 atom stereocenters. The van der Waals surface area contributed by atoms with Crippen LogP contribution in [-0.2, 0) is 26.0 Å². The van der Waals surface area contributed by atoms with Crippen LogP contribution in [0.1, 0.15) is 43.9 Å². The number of benzene rings is 2. The first kappa shape index (κ1) is 29.2. The van der Waals surface area contributed by atoms with Crippen molar-refractivity contribution in [3.63, 3.8) is 0 Å². The fourth-order valence-corrected chi connectivity index (χ4v) is 5.73. The number of carbonyl (C=O) groups excluding carboxylic acids is 2. The second-order valence-corrected chi connectivity index (χ2v) is 11.3. The number of nitriles is 2. The lowest BCUT2D eigenvalue weighted by Crippen LogP contribution is -2.28. The summed E-state index contributed by atoms with van der Waals surface area (Å²) in [6, 6.07) is 17.0. The van der Waals surface area contributed by atoms with Crippen LogP contribution < -0.4 is 15.8 Å². The molecule has 2 amide bonds. The largest absolute Gasteiger partial charge is 0.383 e. The normalized spacial score (nSPS) is 11.6. The molecule has 10 nitrogen and oxygen atoms in total. The molecule has 1 heterocycles. The molecular weight excluding hydrogens is 536 g/mol. The quantitative estimate of drug-likeness (QED) is 0.325. The zero-order valence-electron chi connectivity index (χ0n) is 21.5. The molecule has 39 heavy (non-hydrogen) atoms. The Morgan fingerprint density at radius 1 is 1.03 bits per heavy atom. The SMILES string of the molecule is CCc1ccc(-c2c(C#N)c(N)nc(SC(CC)C(=O)Nc3ccc(S(=O)(=O)NC(C)=O)cc3)c2C#N)cc1. The molecule has 3 aromatic rings. The van der Waals surface area contributed by atoms with Gasteiger partial charge in [0.05, 0.1) is 15.7 Å². The number of nitrogens with zero attached hydrogens (tertiary/aromatic N) is 3. The third-order valence-corrected chi connectivity index (χ3v) is 8.49. The molecule has 1 unspecified atom stereocenters. The zero-order chi connectivity index (χ0) is 28.7. The van der Waals surface area contributed by atoms with E-state index in [0.717, 1.165) is 30.7 Å². The maximum Gasteiger partial charge on any atom is 0.264 e. The van der Waals surface area contributed by atoms with Crippen molar-refractivity contribution in [3.05, 3.63) is 65.2 Å². The van der Waals surface area contributed by atoms with Gasteiger partial charge in [-0.25, -0.2) is 18.1 Å². The van der Waals surface area contributed by atoms with Crippen LogP contribution in [0.4, 0.5) is 11.5 Å². The summed E-state index contributed by atoms with van der Waals surface area (Å²) in [5.41, 5.74) is 8.79. The van der Waals surface area contributed by atoms with Crippen molar-refractivity contribution in [2.45, 2.75) is 48.8 Å². The van der Waals surface area contributed by atoms with E-state index >= 15 is 0 Å². The summed E-state index contributed by atoms with van der Waals surface area (Å²) in [7, 11) is -4.01. The molecule has 1 aromatic heterocycles. The number of nitrogens with one attached hydrogen (secondary N) is 2. The second kappa shape index (κ2) is 12.4. The van der Waals surface area contributed by atoms with Crippen LogP contribution in [0.15, 0.2) is 58.5 Å². The van der Waals surface area contributed by atoms with Gasteiger partial charge in [0, 0.05) is 18.2 Å². The predicted octanol–water partition coefficient (Wildman–Crippen LogP) is 3.97. The monoisotopic (exact) mass is 562 g/mol. The van der Waals surface area contributed by atoms with E-state index in [-0.39, 0.29) is 26.9 Å². The number of sulfonamides is 1. The van der Waals surface area contributed by atoms with E-state index in [4.69, 9.17) is 5.73 Å². The van der Waals surface area contributed by atoms with Gasteiger partial charge in [-0.3, -0.25) is 9.59 Å². The van der Waals surface area contributed by atoms with E-state index in [1.165, 1.54) is 24.3 Å². The molecule has 0 spiro atoms. The van der Waals surface area contributed by atoms with Crippen molar-refractivity contribution in [2.24, 2.45) is 0 Å². The Morgan fingerprint density at radius 2 is 1.64 bits per heavy atom. The average molecular weight is 563 g/mol. The van der Waals surface area contributed by atoms with E-state index in [0.29, 0.717) is 23.2 Å². The number of aryl methyl sites for hydroxylation is 1. The molecule has 0 aliphatic heterocycles. The van der Waals surface area contributed by atoms with Crippen molar-refractivity contribution in [1.29, 1.82) is 10.5 Å². The summed E-state index contributed by atoms with van der Waals surface area (Å²) in [6.07, 6.45) is 1.20. The minimum atomic E-state index is -4.01. The fraction of sp³-hybridized carbons (Fsp3) is 0.222. The van der Waals surface area contributed by atoms with E-state index in [2.05, 4.69) is 16.4 Å². The molecule has 0 saturated carbocycles. The minimum Gasteiger partial charge on any atom is -0.383 e. The summed E-state index contributed by atoms with van der Waals surface area (Å²) < 4.78 is 26.2. The van der Waals surface area contributed by atoms with E-state index in [1.54, 1.807) is 6.92 Å². The number of thioether (sulfide) groups is 1. The highest BCUT2D eigenvalue weighted by Gasteiger charge is 2.26. The Balaban J connectivity index is 1.91. The number of hydrogen-bond acceptors (Lipinski definition) is 9. The molecule has 4 N–H and O–H groups in total. The highest BCUT2D eigenvalue weighted by atomic mass is 32.2. The second-order valence-electron chi connectivity index (χ2n) is 8.39. The molecule has 0 fully saturated rings. The van der Waals surface area contributed by atoms with Gasteiger partial charge >= 0.3 is 0 Å². The van der Waals surface area contributed by atoms with Crippen molar-refractivity contribution in [1.82, 2.24) is 9.71 Å². The minimum absolute atomic E-state index is 0.0419. The molecule has 200 valence electrons. The van der Waals surface area contributed by atoms with Crippen molar-refractivity contribution in [3.8, 4) is 23.3 Å². The Bertz CT molecular complexity index is 1590. The lowest BCUT2D eigenvalue weighted by atomic mass is 9.96. The molecule has 2 aromatic carbocycles. The Hall–Kier alpha value is -4.39. The highest BCUT2D eigenvalue weighted by Crippen LogP contribution is 2.38. The average Bonchev–Trinajstić information content (AvgIpc) is 2.90. The lowest BCUT2D eigenvalue weighted by molar-refractivity contribution is -0.117. The van der Waals surface area contributed by atoms with Gasteiger partial charge in [0.2, 0.25) is 11.8 Å². The Labute approximate surface area is 231 Å². The van der Waals surface area contributed by atoms with Gasteiger partial charge in [0.25, 0.3) is 10.0 Å². The van der Waals surface area contributed by atoms with Gasteiger partial charge in [-0.05, 0) is 48.2 Å². The molecule has 0 radical (unpaired) electrons. The summed E-state index contributed by atoms with van der Waals surface area (Å²) in [5, 5.41) is 22.1. The van der Waals surface area contributed by atoms with Crippen LogP contribution in [0.5, 0.6) is 0 Å². The number of aromatic nitrogens is 1. The number of pyridine rings is 1.